The molecule has 24 heavy (non-hydrogen) atoms. The minimum Gasteiger partial charge on any atom is -0.456 e. The topological polar surface area (TPSA) is 55.8 Å². The summed E-state index contributed by atoms with van der Waals surface area (Å²) in [7, 11) is 0. The highest BCUT2D eigenvalue weighted by Crippen LogP contribution is 2.34. The molecule has 3 rings (SSSR count). The van der Waals surface area contributed by atoms with Crippen LogP contribution in [0.25, 0.3) is 0 Å². The Morgan fingerprint density at radius 2 is 1.75 bits per heavy atom. The monoisotopic (exact) mass is 344 g/mol. The molecule has 0 spiro atoms. The first-order valence-corrected chi connectivity index (χ1v) is 8.82. The quantitative estimate of drug-likeness (QED) is 0.861. The highest BCUT2D eigenvalue weighted by Gasteiger charge is 2.38. The molecular formula is C19H20O4S. The van der Waals surface area contributed by atoms with Crippen LogP contribution in [-0.4, -0.2) is 34.8 Å². The van der Waals surface area contributed by atoms with E-state index in [0.717, 1.165) is 4.90 Å². The number of aliphatic hydroxyl groups excluding tert-OH is 1. The Labute approximate surface area is 145 Å². The van der Waals surface area contributed by atoms with Crippen molar-refractivity contribution in [1.82, 2.24) is 0 Å². The van der Waals surface area contributed by atoms with Gasteiger partial charge in [0.25, 0.3) is 0 Å². The molecule has 0 aromatic heterocycles. The van der Waals surface area contributed by atoms with E-state index in [2.05, 4.69) is 0 Å². The first-order chi connectivity index (χ1) is 11.6. The van der Waals surface area contributed by atoms with Crippen LogP contribution in [0, 0.1) is 0 Å². The predicted octanol–water partition coefficient (Wildman–Crippen LogP) is 3.50. The van der Waals surface area contributed by atoms with Gasteiger partial charge in [-0.2, -0.15) is 0 Å². The Hall–Kier alpha value is -1.82. The number of hydrogen-bond acceptors (Lipinski definition) is 5. The van der Waals surface area contributed by atoms with Crippen molar-refractivity contribution in [3.05, 3.63) is 66.2 Å². The predicted molar refractivity (Wildman–Crippen MR) is 92.9 cm³/mol. The Balaban J connectivity index is 1.66. The number of carbonyl (C=O) groups excluding carboxylic acids is 1. The number of carbonyl (C=O) groups is 1. The minimum atomic E-state index is -0.828. The average Bonchev–Trinajstić information content (AvgIpc) is 2.61. The SMILES string of the molecule is CC1OC(Sc2ccccc2)CC(OC(=O)c2ccccc2)C1O. The van der Waals surface area contributed by atoms with Gasteiger partial charge < -0.3 is 14.6 Å². The first kappa shape index (κ1) is 17.0. The Kier molecular flexibility index (Phi) is 5.56. The molecular weight excluding hydrogens is 324 g/mol. The van der Waals surface area contributed by atoms with Crippen LogP contribution < -0.4 is 0 Å². The Morgan fingerprint density at radius 3 is 2.42 bits per heavy atom. The fraction of sp³-hybridized carbons (Fsp3) is 0.316. The lowest BCUT2D eigenvalue weighted by Gasteiger charge is -2.37. The van der Waals surface area contributed by atoms with Gasteiger partial charge in [-0.15, -0.1) is 0 Å². The largest absolute Gasteiger partial charge is 0.456 e. The van der Waals surface area contributed by atoms with E-state index in [9.17, 15) is 9.90 Å². The lowest BCUT2D eigenvalue weighted by atomic mass is 10.0. The molecule has 4 nitrogen and oxygen atoms in total. The number of rotatable bonds is 4. The van der Waals surface area contributed by atoms with Crippen molar-refractivity contribution < 1.29 is 19.4 Å². The fourth-order valence-electron chi connectivity index (χ4n) is 2.63. The molecule has 2 aromatic carbocycles. The summed E-state index contributed by atoms with van der Waals surface area (Å²) in [6.07, 6.45) is -1.36. The van der Waals surface area contributed by atoms with Crippen LogP contribution in [0.2, 0.25) is 0 Å². The van der Waals surface area contributed by atoms with Gasteiger partial charge in [-0.3, -0.25) is 0 Å². The number of hydrogen-bond donors (Lipinski definition) is 1. The summed E-state index contributed by atoms with van der Waals surface area (Å²) in [5.41, 5.74) is 0.315. The van der Waals surface area contributed by atoms with E-state index < -0.39 is 24.3 Å². The second-order valence-electron chi connectivity index (χ2n) is 5.74. The van der Waals surface area contributed by atoms with Crippen molar-refractivity contribution in [3.8, 4) is 0 Å². The molecule has 4 unspecified atom stereocenters. The number of esters is 1. The Morgan fingerprint density at radius 1 is 1.12 bits per heavy atom. The van der Waals surface area contributed by atoms with E-state index in [1.54, 1.807) is 43.0 Å². The molecule has 1 saturated heterocycles. The number of thioether (sulfide) groups is 1. The molecule has 0 radical (unpaired) electrons. The maximum absolute atomic E-state index is 12.2. The molecule has 1 fully saturated rings. The third kappa shape index (κ3) is 4.17. The maximum atomic E-state index is 12.2. The number of benzene rings is 2. The molecule has 0 aliphatic carbocycles. The standard InChI is InChI=1S/C19H20O4S/c1-13-18(20)16(23-19(21)14-8-4-2-5-9-14)12-17(22-13)24-15-10-6-3-7-11-15/h2-11,13,16-18,20H,12H2,1H3. The molecule has 1 heterocycles. The van der Waals surface area contributed by atoms with E-state index >= 15 is 0 Å². The molecule has 1 N–H and O–H groups in total. The molecule has 0 bridgehead atoms. The zero-order valence-electron chi connectivity index (χ0n) is 13.4. The van der Waals surface area contributed by atoms with Crippen LogP contribution in [0.5, 0.6) is 0 Å². The van der Waals surface area contributed by atoms with Crippen molar-refractivity contribution in [2.75, 3.05) is 0 Å². The molecule has 0 saturated carbocycles. The lowest BCUT2D eigenvalue weighted by molar-refractivity contribution is -0.140. The second-order valence-corrected chi connectivity index (χ2v) is 6.97. The molecule has 126 valence electrons. The summed E-state index contributed by atoms with van der Waals surface area (Å²) >= 11 is 1.57. The molecule has 4 atom stereocenters. The first-order valence-electron chi connectivity index (χ1n) is 7.95. The second kappa shape index (κ2) is 7.83. The van der Waals surface area contributed by atoms with Crippen LogP contribution in [0.1, 0.15) is 23.7 Å². The van der Waals surface area contributed by atoms with Gasteiger partial charge in [-0.1, -0.05) is 48.2 Å². The zero-order chi connectivity index (χ0) is 16.9. The van der Waals surface area contributed by atoms with E-state index in [-0.39, 0.29) is 5.44 Å². The van der Waals surface area contributed by atoms with Crippen LogP contribution >= 0.6 is 11.8 Å². The van der Waals surface area contributed by atoms with Crippen LogP contribution in [0.4, 0.5) is 0 Å². The van der Waals surface area contributed by atoms with E-state index in [1.807, 2.05) is 36.4 Å². The number of aliphatic hydroxyl groups is 1. The molecule has 1 aliphatic heterocycles. The van der Waals surface area contributed by atoms with Gasteiger partial charge in [0.05, 0.1) is 11.7 Å². The summed E-state index contributed by atoms with van der Waals surface area (Å²) in [5, 5.41) is 10.3. The molecule has 5 heteroatoms. The summed E-state index contributed by atoms with van der Waals surface area (Å²) in [6.45, 7) is 1.80. The molecule has 2 aromatic rings. The van der Waals surface area contributed by atoms with Gasteiger partial charge in [0, 0.05) is 11.3 Å². The Bertz CT molecular complexity index is 662. The van der Waals surface area contributed by atoms with Gasteiger partial charge in [0.1, 0.15) is 17.6 Å². The van der Waals surface area contributed by atoms with Gasteiger partial charge >= 0.3 is 5.97 Å². The average molecular weight is 344 g/mol. The maximum Gasteiger partial charge on any atom is 0.338 e. The highest BCUT2D eigenvalue weighted by molar-refractivity contribution is 7.99. The fourth-order valence-corrected chi connectivity index (χ4v) is 3.77. The van der Waals surface area contributed by atoms with Crippen molar-refractivity contribution in [3.63, 3.8) is 0 Å². The third-order valence-corrected chi connectivity index (χ3v) is 5.04. The van der Waals surface area contributed by atoms with E-state index in [4.69, 9.17) is 9.47 Å². The van der Waals surface area contributed by atoms with Gasteiger partial charge in [0.15, 0.2) is 0 Å². The summed E-state index contributed by atoms with van der Waals surface area (Å²) in [4.78, 5) is 13.3. The molecule has 0 amide bonds. The summed E-state index contributed by atoms with van der Waals surface area (Å²) in [6, 6.07) is 18.7. The van der Waals surface area contributed by atoms with Gasteiger partial charge in [0.2, 0.25) is 0 Å². The lowest BCUT2D eigenvalue weighted by Crippen LogP contribution is -2.47. The summed E-state index contributed by atoms with van der Waals surface area (Å²) in [5.74, 6) is -0.419. The molecule has 1 aliphatic rings. The van der Waals surface area contributed by atoms with Crippen LogP contribution in [0.15, 0.2) is 65.6 Å². The van der Waals surface area contributed by atoms with Gasteiger partial charge in [-0.25, -0.2) is 4.79 Å². The smallest absolute Gasteiger partial charge is 0.338 e. The van der Waals surface area contributed by atoms with E-state index in [0.29, 0.717) is 12.0 Å². The van der Waals surface area contributed by atoms with Gasteiger partial charge in [-0.05, 0) is 31.2 Å². The van der Waals surface area contributed by atoms with Crippen molar-refractivity contribution in [2.24, 2.45) is 0 Å². The van der Waals surface area contributed by atoms with Crippen LogP contribution in [-0.2, 0) is 9.47 Å². The highest BCUT2D eigenvalue weighted by atomic mass is 32.2. The van der Waals surface area contributed by atoms with Crippen LogP contribution in [0.3, 0.4) is 0 Å². The zero-order valence-corrected chi connectivity index (χ0v) is 14.2. The van der Waals surface area contributed by atoms with Crippen molar-refractivity contribution >= 4 is 17.7 Å². The van der Waals surface area contributed by atoms with E-state index in [1.165, 1.54) is 0 Å². The van der Waals surface area contributed by atoms with Crippen molar-refractivity contribution in [2.45, 2.75) is 42.0 Å². The normalized spacial score (nSPS) is 26.8. The number of ether oxygens (including phenoxy) is 2. The third-order valence-electron chi connectivity index (χ3n) is 3.93. The van der Waals surface area contributed by atoms with Crippen molar-refractivity contribution in [1.29, 1.82) is 0 Å². The summed E-state index contributed by atoms with van der Waals surface area (Å²) < 4.78 is 11.4. The minimum absolute atomic E-state index is 0.167.